The van der Waals surface area contributed by atoms with Crippen LogP contribution in [0.1, 0.15) is 0 Å². The summed E-state index contributed by atoms with van der Waals surface area (Å²) in [5, 5.41) is 14.8. The van der Waals surface area contributed by atoms with Crippen LogP contribution in [-0.2, 0) is 0 Å². The second-order valence-corrected chi connectivity index (χ2v) is 1.37. The number of allylic oxidation sites excluding steroid dienone is 1. The molecular formula is C4H8BrKO3. The normalized spacial score (nSPS) is 5.44. The predicted octanol–water partition coefficient (Wildman–Crippen LogP) is 1.14. The van der Waals surface area contributed by atoms with Gasteiger partial charge in [-0.15, -0.1) is 6.58 Å². The molecule has 0 aliphatic heterocycles. The van der Waals surface area contributed by atoms with Gasteiger partial charge in [0.15, 0.2) is 0 Å². The number of hydrogen-bond acceptors (Lipinski definition) is 1. The van der Waals surface area contributed by atoms with Crippen molar-refractivity contribution in [3.63, 3.8) is 0 Å². The molecule has 0 rings (SSSR count). The Hall–Kier alpha value is 1.13. The van der Waals surface area contributed by atoms with E-state index in [4.69, 9.17) is 15.0 Å². The second kappa shape index (κ2) is 16.1. The van der Waals surface area contributed by atoms with Gasteiger partial charge in [0.2, 0.25) is 0 Å². The fraction of sp³-hybridized carbons (Fsp3) is 0.250. The zero-order valence-corrected chi connectivity index (χ0v) is 5.76. The summed E-state index contributed by atoms with van der Waals surface area (Å²) in [6.45, 7) is 3.43. The second-order valence-electron chi connectivity index (χ2n) is 0.726. The van der Waals surface area contributed by atoms with Crippen LogP contribution < -0.4 is 0 Å². The molecule has 0 amide bonds. The molecule has 5 heteroatoms. The molecule has 0 radical (unpaired) electrons. The van der Waals surface area contributed by atoms with Crippen molar-refractivity contribution < 1.29 is 15.0 Å². The van der Waals surface area contributed by atoms with Gasteiger partial charge in [-0.2, -0.15) is 0 Å². The van der Waals surface area contributed by atoms with E-state index >= 15 is 0 Å². The van der Waals surface area contributed by atoms with Crippen LogP contribution >= 0.6 is 15.9 Å². The predicted molar refractivity (Wildman–Crippen MR) is 41.8 cm³/mol. The van der Waals surface area contributed by atoms with Gasteiger partial charge in [0, 0.05) is 5.33 Å². The molecule has 0 aliphatic rings. The number of halogens is 1. The summed E-state index contributed by atoms with van der Waals surface area (Å²) in [5.74, 6) is 0. The summed E-state index contributed by atoms with van der Waals surface area (Å²) in [7, 11) is 0. The van der Waals surface area contributed by atoms with Crippen LogP contribution in [-0.4, -0.2) is 73.1 Å². The van der Waals surface area contributed by atoms with E-state index in [1.807, 2.05) is 0 Å². The van der Waals surface area contributed by atoms with Crippen LogP contribution in [0.5, 0.6) is 0 Å². The van der Waals surface area contributed by atoms with Gasteiger partial charge in [-0.05, 0) is 0 Å². The molecule has 0 heterocycles. The maximum atomic E-state index is 8.56. The third kappa shape index (κ3) is 103. The third-order valence-electron chi connectivity index (χ3n) is 0.109. The van der Waals surface area contributed by atoms with Crippen LogP contribution in [0.2, 0.25) is 0 Å². The van der Waals surface area contributed by atoms with Crippen molar-refractivity contribution in [2.24, 2.45) is 0 Å². The van der Waals surface area contributed by atoms with Crippen LogP contribution in [0.15, 0.2) is 12.7 Å². The number of carboxylic acid groups (broad SMARTS) is 2. The summed E-state index contributed by atoms with van der Waals surface area (Å²) < 4.78 is 0. The average molecular weight is 223 g/mol. The molecule has 0 fully saturated rings. The van der Waals surface area contributed by atoms with Gasteiger partial charge in [-0.3, -0.25) is 0 Å². The first-order valence-corrected chi connectivity index (χ1v) is 2.86. The van der Waals surface area contributed by atoms with E-state index < -0.39 is 6.16 Å². The Morgan fingerprint density at radius 2 is 1.78 bits per heavy atom. The van der Waals surface area contributed by atoms with Crippen molar-refractivity contribution in [1.29, 1.82) is 0 Å². The van der Waals surface area contributed by atoms with Crippen molar-refractivity contribution in [2.75, 3.05) is 5.33 Å². The van der Waals surface area contributed by atoms with E-state index in [0.717, 1.165) is 5.33 Å². The number of carbonyl (C=O) groups is 1. The van der Waals surface area contributed by atoms with Crippen LogP contribution in [0.3, 0.4) is 0 Å². The Labute approximate surface area is 105 Å². The Bertz CT molecular complexity index is 72.2. The summed E-state index contributed by atoms with van der Waals surface area (Å²) in [5.41, 5.74) is 0. The molecule has 9 heavy (non-hydrogen) atoms. The fourth-order valence-electron chi connectivity index (χ4n) is 0. The first-order chi connectivity index (χ1) is 3.65. The molecule has 0 aromatic heterocycles. The Morgan fingerprint density at radius 3 is 1.78 bits per heavy atom. The van der Waals surface area contributed by atoms with E-state index in [1.54, 1.807) is 6.08 Å². The first-order valence-electron chi connectivity index (χ1n) is 1.74. The molecule has 2 N–H and O–H groups in total. The minimum atomic E-state index is -1.83. The fourth-order valence-corrected chi connectivity index (χ4v) is 0. The Kier molecular flexibility index (Phi) is 29.6. The SMILES string of the molecule is C=CCBr.O=C(O)O.[KH]. The zero-order chi connectivity index (χ0) is 6.99. The number of rotatable bonds is 1. The van der Waals surface area contributed by atoms with Gasteiger partial charge >= 0.3 is 57.5 Å². The van der Waals surface area contributed by atoms with Gasteiger partial charge in [0.25, 0.3) is 0 Å². The first kappa shape index (κ1) is 16.6. The van der Waals surface area contributed by atoms with Gasteiger partial charge in [0.05, 0.1) is 0 Å². The number of hydrogen-bond donors (Lipinski definition) is 2. The van der Waals surface area contributed by atoms with E-state index in [1.165, 1.54) is 0 Å². The van der Waals surface area contributed by atoms with Crippen molar-refractivity contribution in [3.05, 3.63) is 12.7 Å². The maximum absolute atomic E-state index is 8.56. The molecule has 3 nitrogen and oxygen atoms in total. The van der Waals surface area contributed by atoms with E-state index in [0.29, 0.717) is 0 Å². The molecule has 0 aromatic carbocycles. The summed E-state index contributed by atoms with van der Waals surface area (Å²) in [4.78, 5) is 8.56. The quantitative estimate of drug-likeness (QED) is 0.398. The van der Waals surface area contributed by atoms with Crippen LogP contribution in [0, 0.1) is 0 Å². The zero-order valence-electron chi connectivity index (χ0n) is 4.17. The number of alkyl halides is 1. The van der Waals surface area contributed by atoms with Crippen molar-refractivity contribution in [3.8, 4) is 0 Å². The van der Waals surface area contributed by atoms with Crippen molar-refractivity contribution in [2.45, 2.75) is 0 Å². The van der Waals surface area contributed by atoms with Crippen LogP contribution in [0.25, 0.3) is 0 Å². The molecule has 0 saturated carbocycles. The van der Waals surface area contributed by atoms with E-state index in [2.05, 4.69) is 22.5 Å². The summed E-state index contributed by atoms with van der Waals surface area (Å²) in [6, 6.07) is 0. The standard InChI is InChI=1S/C3H5Br.CH2O3.K.H/c1-2-3-4;2-1(3)4;;/h2H,1,3H2;(H2,2,3,4);;. The van der Waals surface area contributed by atoms with E-state index in [9.17, 15) is 0 Å². The van der Waals surface area contributed by atoms with Crippen molar-refractivity contribution >= 4 is 73.5 Å². The molecule has 0 atom stereocenters. The Morgan fingerprint density at radius 1 is 1.67 bits per heavy atom. The van der Waals surface area contributed by atoms with Crippen LogP contribution in [0.4, 0.5) is 4.79 Å². The minimum absolute atomic E-state index is 0. The molecule has 0 unspecified atom stereocenters. The third-order valence-corrected chi connectivity index (χ3v) is 0.567. The summed E-state index contributed by atoms with van der Waals surface area (Å²) in [6.07, 6.45) is -0.0417. The average Bonchev–Trinajstić information content (AvgIpc) is 1.65. The molecule has 0 aromatic rings. The van der Waals surface area contributed by atoms with Gasteiger partial charge < -0.3 is 10.2 Å². The van der Waals surface area contributed by atoms with Crippen molar-refractivity contribution in [1.82, 2.24) is 0 Å². The molecule has 0 aliphatic carbocycles. The van der Waals surface area contributed by atoms with Gasteiger partial charge in [-0.1, -0.05) is 22.0 Å². The molecule has 0 saturated heterocycles. The topological polar surface area (TPSA) is 57.5 Å². The molecular weight excluding hydrogens is 215 g/mol. The molecule has 50 valence electrons. The summed E-state index contributed by atoms with van der Waals surface area (Å²) >= 11 is 3.13. The van der Waals surface area contributed by atoms with Gasteiger partial charge in [0.1, 0.15) is 0 Å². The monoisotopic (exact) mass is 222 g/mol. The Balaban J connectivity index is -0.0000000720. The van der Waals surface area contributed by atoms with E-state index in [-0.39, 0.29) is 51.4 Å². The molecule has 0 spiro atoms. The van der Waals surface area contributed by atoms with Gasteiger partial charge in [-0.25, -0.2) is 4.79 Å². The molecule has 0 bridgehead atoms.